The van der Waals surface area contributed by atoms with Crippen molar-refractivity contribution in [1.82, 2.24) is 9.80 Å². The molecule has 2 nitrogen and oxygen atoms in total. The first-order valence-corrected chi connectivity index (χ1v) is 15.6. The molecule has 2 fully saturated rings. The molecule has 0 atom stereocenters. The van der Waals surface area contributed by atoms with Crippen molar-refractivity contribution in [3.63, 3.8) is 0 Å². The Morgan fingerprint density at radius 3 is 1.40 bits per heavy atom. The van der Waals surface area contributed by atoms with E-state index in [0.29, 0.717) is 0 Å². The molecule has 0 N–H and O–H groups in total. The largest absolute Gasteiger partial charge is 0.357 e. The summed E-state index contributed by atoms with van der Waals surface area (Å²) in [6.45, 7) is 4.43. The minimum Gasteiger partial charge on any atom is -0.357 e. The lowest BCUT2D eigenvalue weighted by Gasteiger charge is -2.28. The Labute approximate surface area is 206 Å². The highest BCUT2D eigenvalue weighted by molar-refractivity contribution is 8.84. The summed E-state index contributed by atoms with van der Waals surface area (Å²) in [6.07, 6.45) is 7.71. The number of fused-ring (bicyclic) bond motifs is 1. The van der Waals surface area contributed by atoms with Crippen LogP contribution in [0.15, 0.2) is 46.2 Å². The topological polar surface area (TPSA) is 6.48 Å². The first-order chi connectivity index (χ1) is 14.7. The molecule has 0 saturated carbocycles. The standard InChI is InChI=1S/C22H26N2S6/c25-21(23-13-5-1-6-14-23)29-27-19-11-12-20(18-10-4-3-9-17(18)19)28-30-22(26)24-15-7-2-8-16-24/h3-4,9-12H,1-2,5-8,13-16H2. The SMILES string of the molecule is S=C(SSc1ccc(SSC(=S)N2CCCCC2)c2ccccc12)N1CCCCC1. The fourth-order valence-electron chi connectivity index (χ4n) is 3.81. The molecule has 4 rings (SSSR count). The van der Waals surface area contributed by atoms with E-state index >= 15 is 0 Å². The van der Waals surface area contributed by atoms with E-state index in [1.54, 1.807) is 43.2 Å². The summed E-state index contributed by atoms with van der Waals surface area (Å²) in [5.41, 5.74) is 0. The zero-order chi connectivity index (χ0) is 20.8. The van der Waals surface area contributed by atoms with Crippen molar-refractivity contribution < 1.29 is 0 Å². The Balaban J connectivity index is 1.42. The van der Waals surface area contributed by atoms with Crippen molar-refractivity contribution in [3.8, 4) is 0 Å². The van der Waals surface area contributed by atoms with Crippen LogP contribution in [0.25, 0.3) is 10.8 Å². The maximum Gasteiger partial charge on any atom is 0.147 e. The monoisotopic (exact) mass is 510 g/mol. The Kier molecular flexibility index (Phi) is 8.96. The maximum atomic E-state index is 5.70. The smallest absolute Gasteiger partial charge is 0.147 e. The minimum atomic E-state index is 1.02. The van der Waals surface area contributed by atoms with Gasteiger partial charge in [-0.15, -0.1) is 0 Å². The highest BCUT2D eigenvalue weighted by Gasteiger charge is 2.17. The second kappa shape index (κ2) is 11.7. The van der Waals surface area contributed by atoms with Gasteiger partial charge in [0.25, 0.3) is 0 Å². The van der Waals surface area contributed by atoms with Gasteiger partial charge in [0.05, 0.1) is 0 Å². The van der Waals surface area contributed by atoms with Gasteiger partial charge in [-0.25, -0.2) is 0 Å². The average molecular weight is 511 g/mol. The molecule has 0 radical (unpaired) electrons. The fourth-order valence-corrected chi connectivity index (χ4v) is 8.94. The Hall–Kier alpha value is -0.120. The van der Waals surface area contributed by atoms with Gasteiger partial charge in [-0.1, -0.05) is 48.7 Å². The molecular formula is C22H26N2S6. The molecule has 2 aromatic rings. The summed E-state index contributed by atoms with van der Waals surface area (Å²) < 4.78 is 2.04. The van der Waals surface area contributed by atoms with Crippen LogP contribution in [0.1, 0.15) is 38.5 Å². The second-order valence-electron chi connectivity index (χ2n) is 7.57. The first kappa shape index (κ1) is 23.1. The van der Waals surface area contributed by atoms with Gasteiger partial charge >= 0.3 is 0 Å². The van der Waals surface area contributed by atoms with Crippen LogP contribution >= 0.6 is 67.6 Å². The molecule has 0 amide bonds. The molecule has 0 aliphatic carbocycles. The van der Waals surface area contributed by atoms with Crippen molar-refractivity contribution in [2.24, 2.45) is 0 Å². The van der Waals surface area contributed by atoms with Gasteiger partial charge in [-0.3, -0.25) is 0 Å². The number of thiocarbonyl (C=S) groups is 2. The normalized spacial score (nSPS) is 17.3. The molecule has 0 unspecified atom stereocenters. The molecule has 0 aromatic heterocycles. The number of hydrogen-bond acceptors (Lipinski definition) is 6. The third-order valence-electron chi connectivity index (χ3n) is 5.48. The molecule has 2 aromatic carbocycles. The van der Waals surface area contributed by atoms with Crippen LogP contribution in [0.5, 0.6) is 0 Å². The van der Waals surface area contributed by atoms with E-state index < -0.39 is 0 Å². The van der Waals surface area contributed by atoms with Crippen molar-refractivity contribution in [2.75, 3.05) is 26.2 Å². The molecular weight excluding hydrogens is 485 g/mol. The van der Waals surface area contributed by atoms with E-state index in [0.717, 1.165) is 34.8 Å². The van der Waals surface area contributed by atoms with Crippen LogP contribution in [0.2, 0.25) is 0 Å². The fraction of sp³-hybridized carbons (Fsp3) is 0.455. The predicted molar refractivity (Wildman–Crippen MR) is 147 cm³/mol. The van der Waals surface area contributed by atoms with E-state index in [9.17, 15) is 0 Å². The maximum absolute atomic E-state index is 5.70. The van der Waals surface area contributed by atoms with E-state index in [1.807, 2.05) is 0 Å². The van der Waals surface area contributed by atoms with Crippen molar-refractivity contribution in [2.45, 2.75) is 48.3 Å². The van der Waals surface area contributed by atoms with Crippen LogP contribution in [0.3, 0.4) is 0 Å². The first-order valence-electron chi connectivity index (χ1n) is 10.5. The van der Waals surface area contributed by atoms with Crippen LogP contribution in [-0.4, -0.2) is 44.6 Å². The van der Waals surface area contributed by atoms with Gasteiger partial charge in [-0.05, 0) is 105 Å². The van der Waals surface area contributed by atoms with Crippen LogP contribution in [-0.2, 0) is 0 Å². The third kappa shape index (κ3) is 6.01. The third-order valence-corrected chi connectivity index (χ3v) is 11.7. The van der Waals surface area contributed by atoms with Crippen LogP contribution < -0.4 is 0 Å². The van der Waals surface area contributed by atoms with E-state index in [2.05, 4.69) is 46.2 Å². The zero-order valence-electron chi connectivity index (χ0n) is 16.9. The number of benzene rings is 2. The number of hydrogen-bond donors (Lipinski definition) is 0. The average Bonchev–Trinajstić information content (AvgIpc) is 2.82. The minimum absolute atomic E-state index is 1.02. The summed E-state index contributed by atoms with van der Waals surface area (Å²) in [6, 6.07) is 13.2. The number of rotatable bonds is 4. The van der Waals surface area contributed by atoms with Crippen molar-refractivity contribution >= 4 is 87.0 Å². The summed E-state index contributed by atoms with van der Waals surface area (Å²) in [4.78, 5) is 7.29. The van der Waals surface area contributed by atoms with E-state index in [-0.39, 0.29) is 0 Å². The molecule has 2 heterocycles. The highest BCUT2D eigenvalue weighted by atomic mass is 33.1. The van der Waals surface area contributed by atoms with Crippen LogP contribution in [0, 0.1) is 0 Å². The van der Waals surface area contributed by atoms with Crippen molar-refractivity contribution in [1.29, 1.82) is 0 Å². The Morgan fingerprint density at radius 1 is 0.600 bits per heavy atom. The number of piperidine rings is 2. The predicted octanol–water partition coefficient (Wildman–Crippen LogP) is 7.86. The second-order valence-corrected chi connectivity index (χ2v) is 13.2. The lowest BCUT2D eigenvalue weighted by atomic mass is 10.1. The molecule has 8 heteroatoms. The Morgan fingerprint density at radius 2 is 1.00 bits per heavy atom. The quantitative estimate of drug-likeness (QED) is 0.299. The Bertz CT molecular complexity index is 818. The van der Waals surface area contributed by atoms with Gasteiger partial charge < -0.3 is 9.80 Å². The van der Waals surface area contributed by atoms with Gasteiger partial charge in [0, 0.05) is 36.0 Å². The van der Waals surface area contributed by atoms with Gasteiger partial charge in [0.15, 0.2) is 0 Å². The lowest BCUT2D eigenvalue weighted by molar-refractivity contribution is 0.352. The molecule has 160 valence electrons. The van der Waals surface area contributed by atoms with Gasteiger partial charge in [0.2, 0.25) is 0 Å². The summed E-state index contributed by atoms with van der Waals surface area (Å²) in [5, 5.41) is 2.59. The molecule has 2 aliphatic heterocycles. The highest BCUT2D eigenvalue weighted by Crippen LogP contribution is 2.43. The van der Waals surface area contributed by atoms with E-state index in [1.165, 1.54) is 59.1 Å². The molecule has 0 bridgehead atoms. The van der Waals surface area contributed by atoms with Gasteiger partial charge in [0.1, 0.15) is 8.64 Å². The van der Waals surface area contributed by atoms with E-state index in [4.69, 9.17) is 24.4 Å². The van der Waals surface area contributed by atoms with Crippen molar-refractivity contribution in [3.05, 3.63) is 36.4 Å². The number of nitrogens with zero attached hydrogens (tertiary/aromatic N) is 2. The summed E-state index contributed by atoms with van der Waals surface area (Å²) in [7, 11) is 7.04. The summed E-state index contributed by atoms with van der Waals surface area (Å²) >= 11 is 11.4. The molecule has 2 saturated heterocycles. The molecule has 30 heavy (non-hydrogen) atoms. The number of likely N-dealkylation sites (tertiary alicyclic amines) is 2. The zero-order valence-corrected chi connectivity index (χ0v) is 21.8. The van der Waals surface area contributed by atoms with Crippen LogP contribution in [0.4, 0.5) is 0 Å². The lowest BCUT2D eigenvalue weighted by Crippen LogP contribution is -2.32. The summed E-state index contributed by atoms with van der Waals surface area (Å²) in [5.74, 6) is 0. The van der Waals surface area contributed by atoms with Gasteiger partial charge in [-0.2, -0.15) is 0 Å². The molecule has 0 spiro atoms. The molecule has 2 aliphatic rings.